The van der Waals surface area contributed by atoms with Gasteiger partial charge in [0.15, 0.2) is 4.91 Å². The normalized spacial score (nSPS) is 11.8. The van der Waals surface area contributed by atoms with E-state index in [-0.39, 0.29) is 4.90 Å². The van der Waals surface area contributed by atoms with E-state index in [1.54, 1.807) is 18.2 Å². The van der Waals surface area contributed by atoms with Gasteiger partial charge < -0.3 is 5.32 Å². The molecule has 0 unspecified atom stereocenters. The molecule has 0 fully saturated rings. The van der Waals surface area contributed by atoms with Crippen LogP contribution in [0.15, 0.2) is 58.5 Å². The largest absolute Gasteiger partial charge is 0.360 e. The first-order valence-electron chi connectivity index (χ1n) is 6.17. The molecule has 2 rings (SSSR count). The first-order valence-corrected chi connectivity index (χ1v) is 8.79. The van der Waals surface area contributed by atoms with Crippen molar-refractivity contribution >= 4 is 50.3 Å². The lowest BCUT2D eigenvalue weighted by molar-refractivity contribution is 0.603. The Labute approximate surface area is 148 Å². The summed E-state index contributed by atoms with van der Waals surface area (Å²) >= 11 is 17.4. The fourth-order valence-corrected chi connectivity index (χ4v) is 3.15. The number of hydrogen-bond donors (Lipinski definition) is 1. The van der Waals surface area contributed by atoms with Crippen LogP contribution in [-0.2, 0) is 9.84 Å². The molecule has 0 aliphatic carbocycles. The van der Waals surface area contributed by atoms with Crippen molar-refractivity contribution in [3.63, 3.8) is 0 Å². The molecular weight excluding hydrogens is 379 g/mol. The van der Waals surface area contributed by atoms with Gasteiger partial charge in [-0.25, -0.2) is 8.42 Å². The Morgan fingerprint density at radius 1 is 1.04 bits per heavy atom. The van der Waals surface area contributed by atoms with Gasteiger partial charge in [-0.15, -0.1) is 0 Å². The van der Waals surface area contributed by atoms with Crippen molar-refractivity contribution in [2.45, 2.75) is 4.90 Å². The second-order valence-corrected chi connectivity index (χ2v) is 7.52. The van der Waals surface area contributed by atoms with E-state index < -0.39 is 14.7 Å². The second kappa shape index (κ2) is 7.24. The SMILES string of the molecule is N#C/C(=C\Nc1ccc(Cl)c(Cl)c1)S(=O)(=O)c1ccc(Cl)cc1. The molecule has 0 amide bonds. The lowest BCUT2D eigenvalue weighted by atomic mass is 10.3. The monoisotopic (exact) mass is 386 g/mol. The minimum absolute atomic E-state index is 0.0226. The molecular formula is C15H9Cl3N2O2S. The van der Waals surface area contributed by atoms with Crippen molar-refractivity contribution < 1.29 is 8.42 Å². The van der Waals surface area contributed by atoms with Gasteiger partial charge in [0.25, 0.3) is 0 Å². The standard InChI is InChI=1S/C15H9Cl3N2O2S/c16-10-1-4-12(5-2-10)23(21,22)13(8-19)9-20-11-3-6-14(17)15(18)7-11/h1-7,9,20H/b13-9+. The third-order valence-corrected chi connectivity index (χ3v) is 5.49. The number of allylic oxidation sites excluding steroid dienone is 1. The fraction of sp³-hybridized carbons (Fsp3) is 0. The third kappa shape index (κ3) is 4.18. The van der Waals surface area contributed by atoms with Gasteiger partial charge in [-0.05, 0) is 42.5 Å². The zero-order valence-electron chi connectivity index (χ0n) is 11.4. The third-order valence-electron chi connectivity index (χ3n) is 2.81. The highest BCUT2D eigenvalue weighted by molar-refractivity contribution is 7.95. The van der Waals surface area contributed by atoms with Crippen LogP contribution >= 0.6 is 34.8 Å². The topological polar surface area (TPSA) is 70.0 Å². The second-order valence-electron chi connectivity index (χ2n) is 4.35. The van der Waals surface area contributed by atoms with Gasteiger partial charge in [0.1, 0.15) is 6.07 Å². The Balaban J connectivity index is 2.32. The highest BCUT2D eigenvalue weighted by Crippen LogP contribution is 2.26. The summed E-state index contributed by atoms with van der Waals surface area (Å²) in [6, 6.07) is 11.9. The Kier molecular flexibility index (Phi) is 5.55. The number of nitrogens with one attached hydrogen (secondary N) is 1. The Hall–Kier alpha value is -1.71. The summed E-state index contributed by atoms with van der Waals surface area (Å²) in [6.45, 7) is 0. The molecule has 0 saturated heterocycles. The molecule has 0 saturated carbocycles. The minimum atomic E-state index is -3.94. The summed E-state index contributed by atoms with van der Waals surface area (Å²) in [6.07, 6.45) is 1.10. The summed E-state index contributed by atoms with van der Waals surface area (Å²) in [7, 11) is -3.94. The van der Waals surface area contributed by atoms with E-state index in [1.807, 2.05) is 0 Å². The van der Waals surface area contributed by atoms with Crippen LogP contribution < -0.4 is 5.32 Å². The predicted molar refractivity (Wildman–Crippen MR) is 92.4 cm³/mol. The molecule has 0 spiro atoms. The highest BCUT2D eigenvalue weighted by atomic mass is 35.5. The average Bonchev–Trinajstić information content (AvgIpc) is 2.51. The highest BCUT2D eigenvalue weighted by Gasteiger charge is 2.20. The molecule has 8 heteroatoms. The first kappa shape index (κ1) is 17.6. The molecule has 4 nitrogen and oxygen atoms in total. The number of hydrogen-bond acceptors (Lipinski definition) is 4. The Morgan fingerprint density at radius 2 is 1.70 bits per heavy atom. The van der Waals surface area contributed by atoms with Crippen molar-refractivity contribution in [1.29, 1.82) is 5.26 Å². The fourth-order valence-electron chi connectivity index (χ4n) is 1.65. The number of halogens is 3. The van der Waals surface area contributed by atoms with Crippen molar-refractivity contribution in [3.8, 4) is 6.07 Å². The number of anilines is 1. The van der Waals surface area contributed by atoms with E-state index in [0.29, 0.717) is 20.8 Å². The minimum Gasteiger partial charge on any atom is -0.360 e. The van der Waals surface area contributed by atoms with Crippen LogP contribution in [0.2, 0.25) is 15.1 Å². The maximum Gasteiger partial charge on any atom is 0.218 e. The van der Waals surface area contributed by atoms with Gasteiger partial charge >= 0.3 is 0 Å². The van der Waals surface area contributed by atoms with E-state index in [9.17, 15) is 8.42 Å². The summed E-state index contributed by atoms with van der Waals surface area (Å²) in [5.41, 5.74) is 0.499. The number of nitriles is 1. The van der Waals surface area contributed by atoms with Gasteiger partial charge in [-0.2, -0.15) is 5.26 Å². The summed E-state index contributed by atoms with van der Waals surface area (Å²) in [4.78, 5) is -0.462. The molecule has 0 atom stereocenters. The van der Waals surface area contributed by atoms with Crippen LogP contribution in [0, 0.1) is 11.3 Å². The molecule has 118 valence electrons. The number of nitrogens with zero attached hydrogens (tertiary/aromatic N) is 1. The molecule has 0 aliphatic rings. The maximum atomic E-state index is 12.4. The molecule has 1 N–H and O–H groups in total. The molecule has 0 heterocycles. The molecule has 23 heavy (non-hydrogen) atoms. The zero-order valence-corrected chi connectivity index (χ0v) is 14.5. The van der Waals surface area contributed by atoms with E-state index in [1.165, 1.54) is 30.3 Å². The Bertz CT molecular complexity index is 901. The lowest BCUT2D eigenvalue weighted by Gasteiger charge is -2.06. The smallest absolute Gasteiger partial charge is 0.218 e. The summed E-state index contributed by atoms with van der Waals surface area (Å²) in [5, 5.41) is 12.9. The Morgan fingerprint density at radius 3 is 2.26 bits per heavy atom. The van der Waals surface area contributed by atoms with Crippen LogP contribution in [0.25, 0.3) is 0 Å². The van der Waals surface area contributed by atoms with Crippen molar-refractivity contribution in [2.75, 3.05) is 5.32 Å². The average molecular weight is 388 g/mol. The maximum absolute atomic E-state index is 12.4. The van der Waals surface area contributed by atoms with E-state index >= 15 is 0 Å². The number of sulfone groups is 1. The first-order chi connectivity index (χ1) is 10.8. The molecule has 2 aromatic carbocycles. The van der Waals surface area contributed by atoms with Gasteiger partial charge in [-0.3, -0.25) is 0 Å². The summed E-state index contributed by atoms with van der Waals surface area (Å²) in [5.74, 6) is 0. The molecule has 0 bridgehead atoms. The number of rotatable bonds is 4. The number of benzene rings is 2. The molecule has 0 radical (unpaired) electrons. The van der Waals surface area contributed by atoms with Gasteiger partial charge in [0.05, 0.1) is 14.9 Å². The van der Waals surface area contributed by atoms with Crippen molar-refractivity contribution in [1.82, 2.24) is 0 Å². The van der Waals surface area contributed by atoms with Crippen molar-refractivity contribution in [2.24, 2.45) is 0 Å². The molecule has 0 aliphatic heterocycles. The van der Waals surface area contributed by atoms with Gasteiger partial charge in [0.2, 0.25) is 9.84 Å². The lowest BCUT2D eigenvalue weighted by Crippen LogP contribution is -2.05. The van der Waals surface area contributed by atoms with E-state index in [2.05, 4.69) is 5.32 Å². The predicted octanol–water partition coefficient (Wildman–Crippen LogP) is 4.90. The van der Waals surface area contributed by atoms with Crippen LogP contribution in [0.1, 0.15) is 0 Å². The van der Waals surface area contributed by atoms with Crippen LogP contribution in [0.4, 0.5) is 5.69 Å². The van der Waals surface area contributed by atoms with E-state index in [0.717, 1.165) is 6.20 Å². The molecule has 2 aromatic rings. The van der Waals surface area contributed by atoms with Crippen LogP contribution in [0.5, 0.6) is 0 Å². The van der Waals surface area contributed by atoms with Crippen LogP contribution in [0.3, 0.4) is 0 Å². The van der Waals surface area contributed by atoms with Crippen LogP contribution in [-0.4, -0.2) is 8.42 Å². The summed E-state index contributed by atoms with van der Waals surface area (Å²) < 4.78 is 24.8. The quantitative estimate of drug-likeness (QED) is 0.758. The van der Waals surface area contributed by atoms with Gasteiger partial charge in [0, 0.05) is 16.9 Å². The molecule has 0 aromatic heterocycles. The van der Waals surface area contributed by atoms with Gasteiger partial charge in [-0.1, -0.05) is 34.8 Å². The van der Waals surface area contributed by atoms with E-state index in [4.69, 9.17) is 40.1 Å². The van der Waals surface area contributed by atoms with Crippen molar-refractivity contribution in [3.05, 3.63) is 68.6 Å². The zero-order chi connectivity index (χ0) is 17.0.